The summed E-state index contributed by atoms with van der Waals surface area (Å²) in [5, 5.41) is 9.83. The number of carbonyl (C=O) groups is 1. The van der Waals surface area contributed by atoms with Crippen LogP contribution in [0.5, 0.6) is 0 Å². The van der Waals surface area contributed by atoms with Gasteiger partial charge >= 0.3 is 14.8 Å². The minimum atomic E-state index is -2.71. The predicted octanol–water partition coefficient (Wildman–Crippen LogP) is 1.23. The molecule has 0 saturated carbocycles. The van der Waals surface area contributed by atoms with Gasteiger partial charge in [0.15, 0.2) is 0 Å². The van der Waals surface area contributed by atoms with E-state index in [9.17, 15) is 9.90 Å². The fourth-order valence-electron chi connectivity index (χ4n) is 2.14. The van der Waals surface area contributed by atoms with E-state index >= 15 is 0 Å². The van der Waals surface area contributed by atoms with E-state index in [2.05, 4.69) is 6.58 Å². The fourth-order valence-corrected chi connectivity index (χ4v) is 4.86. The van der Waals surface area contributed by atoms with Crippen LogP contribution in [0.4, 0.5) is 0 Å². The summed E-state index contributed by atoms with van der Waals surface area (Å²) in [5.74, 6) is -0.562. The first kappa shape index (κ1) is 22.2. The number of hydrogen-bond acceptors (Lipinski definition) is 7. The van der Waals surface area contributed by atoms with Crippen molar-refractivity contribution in [1.82, 2.24) is 0 Å². The minimum absolute atomic E-state index is 0.0937. The molecule has 0 bridgehead atoms. The van der Waals surface area contributed by atoms with Crippen LogP contribution in [0.1, 0.15) is 33.6 Å². The van der Waals surface area contributed by atoms with Crippen LogP contribution in [-0.4, -0.2) is 58.5 Å². The second kappa shape index (κ2) is 12.6. The SMILES string of the molecule is C=CC(=O)OCC(O)CC(N)CC[Si](OCC)(OCC)OCC. The van der Waals surface area contributed by atoms with Gasteiger partial charge in [0.05, 0.1) is 6.10 Å². The smallest absolute Gasteiger partial charge is 0.460 e. The zero-order valence-corrected chi connectivity index (χ0v) is 15.5. The lowest BCUT2D eigenvalue weighted by atomic mass is 10.1. The van der Waals surface area contributed by atoms with Crippen LogP contribution >= 0.6 is 0 Å². The lowest BCUT2D eigenvalue weighted by Crippen LogP contribution is -2.47. The highest BCUT2D eigenvalue weighted by Gasteiger charge is 2.40. The van der Waals surface area contributed by atoms with Gasteiger partial charge in [-0.05, 0) is 33.6 Å². The Morgan fingerprint density at radius 3 is 2.17 bits per heavy atom. The van der Waals surface area contributed by atoms with Crippen molar-refractivity contribution in [2.45, 2.75) is 51.8 Å². The zero-order valence-electron chi connectivity index (χ0n) is 14.5. The van der Waals surface area contributed by atoms with E-state index in [0.717, 1.165) is 6.08 Å². The molecule has 0 aromatic carbocycles. The molecule has 136 valence electrons. The van der Waals surface area contributed by atoms with Crippen molar-refractivity contribution >= 4 is 14.8 Å². The molecule has 0 aromatic heterocycles. The average Bonchev–Trinajstić information content (AvgIpc) is 2.51. The molecule has 8 heteroatoms. The molecule has 2 unspecified atom stereocenters. The van der Waals surface area contributed by atoms with Crippen molar-refractivity contribution in [1.29, 1.82) is 0 Å². The van der Waals surface area contributed by atoms with E-state index in [0.29, 0.717) is 38.7 Å². The molecule has 0 rings (SSSR count). The topological polar surface area (TPSA) is 100 Å². The van der Waals surface area contributed by atoms with Gasteiger partial charge in [-0.15, -0.1) is 0 Å². The van der Waals surface area contributed by atoms with E-state index < -0.39 is 20.9 Å². The minimum Gasteiger partial charge on any atom is -0.460 e. The van der Waals surface area contributed by atoms with E-state index in [1.165, 1.54) is 0 Å². The molecule has 0 aromatic rings. The molecular weight excluding hydrogens is 318 g/mol. The molecule has 0 heterocycles. The largest absolute Gasteiger partial charge is 0.500 e. The summed E-state index contributed by atoms with van der Waals surface area (Å²) in [4.78, 5) is 10.9. The molecule has 0 fully saturated rings. The summed E-state index contributed by atoms with van der Waals surface area (Å²) in [6, 6.07) is 0.323. The summed E-state index contributed by atoms with van der Waals surface area (Å²) in [7, 11) is -2.71. The number of ether oxygens (including phenoxy) is 1. The molecule has 0 radical (unpaired) electrons. The maximum atomic E-state index is 10.9. The Morgan fingerprint density at radius 2 is 1.74 bits per heavy atom. The first-order chi connectivity index (χ1) is 10.9. The molecule has 0 aliphatic carbocycles. The summed E-state index contributed by atoms with van der Waals surface area (Å²) < 4.78 is 22.1. The van der Waals surface area contributed by atoms with Crippen molar-refractivity contribution in [3.63, 3.8) is 0 Å². The third-order valence-corrected chi connectivity index (χ3v) is 6.16. The number of rotatable bonds is 14. The van der Waals surface area contributed by atoms with Gasteiger partial charge in [-0.3, -0.25) is 0 Å². The highest BCUT2D eigenvalue weighted by molar-refractivity contribution is 6.60. The van der Waals surface area contributed by atoms with Crippen LogP contribution in [0.2, 0.25) is 6.04 Å². The number of aliphatic hydroxyl groups is 1. The Labute approximate surface area is 140 Å². The van der Waals surface area contributed by atoms with Crippen LogP contribution < -0.4 is 5.73 Å². The summed E-state index contributed by atoms with van der Waals surface area (Å²) in [6.07, 6.45) is 1.16. The first-order valence-electron chi connectivity index (χ1n) is 8.07. The maximum absolute atomic E-state index is 10.9. The Kier molecular flexibility index (Phi) is 12.2. The molecule has 0 spiro atoms. The summed E-state index contributed by atoms with van der Waals surface area (Å²) in [6.45, 7) is 10.4. The van der Waals surface area contributed by atoms with E-state index in [4.69, 9.17) is 23.7 Å². The van der Waals surface area contributed by atoms with Gasteiger partial charge in [0, 0.05) is 38.0 Å². The van der Waals surface area contributed by atoms with Crippen LogP contribution in [0, 0.1) is 0 Å². The Hall–Kier alpha value is -0.773. The third kappa shape index (κ3) is 9.85. The second-order valence-electron chi connectivity index (χ2n) is 5.00. The van der Waals surface area contributed by atoms with Gasteiger partial charge in [-0.25, -0.2) is 4.79 Å². The highest BCUT2D eigenvalue weighted by atomic mass is 28.4. The highest BCUT2D eigenvalue weighted by Crippen LogP contribution is 2.20. The number of esters is 1. The summed E-state index contributed by atoms with van der Waals surface area (Å²) >= 11 is 0. The van der Waals surface area contributed by atoms with Crippen LogP contribution in [0.15, 0.2) is 12.7 Å². The average molecular weight is 350 g/mol. The lowest BCUT2D eigenvalue weighted by Gasteiger charge is -2.29. The number of aliphatic hydroxyl groups excluding tert-OH is 1. The van der Waals surface area contributed by atoms with Gasteiger partial charge < -0.3 is 28.9 Å². The molecule has 0 saturated heterocycles. The van der Waals surface area contributed by atoms with E-state index in [-0.39, 0.29) is 12.6 Å². The standard InChI is InChI=1S/C15H31NO6Si/c1-5-15(18)19-12-14(17)11-13(16)9-10-23(20-6-2,21-7-3)22-8-4/h5,13-14,17H,1,6-12,16H2,2-4H3. The summed E-state index contributed by atoms with van der Waals surface area (Å²) in [5.41, 5.74) is 6.04. The van der Waals surface area contributed by atoms with Crippen molar-refractivity contribution in [2.24, 2.45) is 5.73 Å². The van der Waals surface area contributed by atoms with E-state index in [1.54, 1.807) is 0 Å². The van der Waals surface area contributed by atoms with Gasteiger partial charge in [0.25, 0.3) is 0 Å². The van der Waals surface area contributed by atoms with Crippen LogP contribution in [0.3, 0.4) is 0 Å². The molecule has 23 heavy (non-hydrogen) atoms. The quantitative estimate of drug-likeness (QED) is 0.276. The van der Waals surface area contributed by atoms with Gasteiger partial charge in [-0.2, -0.15) is 0 Å². The Bertz CT molecular complexity index is 325. The van der Waals surface area contributed by atoms with Gasteiger partial charge in [-0.1, -0.05) is 6.58 Å². The normalized spacial score (nSPS) is 14.3. The molecule has 3 N–H and O–H groups in total. The number of carbonyl (C=O) groups excluding carboxylic acids is 1. The van der Waals surface area contributed by atoms with Crippen LogP contribution in [0.25, 0.3) is 0 Å². The molecule has 2 atom stereocenters. The van der Waals surface area contributed by atoms with E-state index in [1.807, 2.05) is 20.8 Å². The Morgan fingerprint density at radius 1 is 1.22 bits per heavy atom. The van der Waals surface area contributed by atoms with Crippen LogP contribution in [-0.2, 0) is 22.8 Å². The fraction of sp³-hybridized carbons (Fsp3) is 0.800. The van der Waals surface area contributed by atoms with Crippen molar-refractivity contribution < 1.29 is 27.9 Å². The molecule has 7 nitrogen and oxygen atoms in total. The lowest BCUT2D eigenvalue weighted by molar-refractivity contribution is -0.140. The van der Waals surface area contributed by atoms with Gasteiger partial charge in [0.2, 0.25) is 0 Å². The maximum Gasteiger partial charge on any atom is 0.500 e. The monoisotopic (exact) mass is 349 g/mol. The van der Waals surface area contributed by atoms with Crippen molar-refractivity contribution in [3.8, 4) is 0 Å². The molecule has 0 aliphatic rings. The second-order valence-corrected chi connectivity index (χ2v) is 7.74. The molecule has 0 amide bonds. The zero-order chi connectivity index (χ0) is 17.7. The van der Waals surface area contributed by atoms with Crippen molar-refractivity contribution in [2.75, 3.05) is 26.4 Å². The first-order valence-corrected chi connectivity index (χ1v) is 10.0. The van der Waals surface area contributed by atoms with Gasteiger partial charge in [0.1, 0.15) is 6.61 Å². The van der Waals surface area contributed by atoms with Crippen molar-refractivity contribution in [3.05, 3.63) is 12.7 Å². The predicted molar refractivity (Wildman–Crippen MR) is 89.8 cm³/mol. The number of hydrogen-bond donors (Lipinski definition) is 2. The Balaban J connectivity index is 4.36. The molecule has 0 aliphatic heterocycles. The third-order valence-electron chi connectivity index (χ3n) is 3.07. The molecular formula is C15H31NO6Si. The number of nitrogens with two attached hydrogens (primary N) is 1.